The first-order valence-corrected chi connectivity index (χ1v) is 19.1. The van der Waals surface area contributed by atoms with E-state index in [4.69, 9.17) is 0 Å². The third-order valence-electron chi connectivity index (χ3n) is 12.9. The first-order chi connectivity index (χ1) is 23.9. The summed E-state index contributed by atoms with van der Waals surface area (Å²) in [4.78, 5) is 0. The van der Waals surface area contributed by atoms with Crippen molar-refractivity contribution < 1.29 is 20.4 Å². The second kappa shape index (κ2) is 14.7. The van der Waals surface area contributed by atoms with Crippen LogP contribution in [0.1, 0.15) is 128 Å². The maximum Gasteiger partial charge on any atom is 0.118 e. The van der Waals surface area contributed by atoms with Gasteiger partial charge in [0.15, 0.2) is 0 Å². The number of phenolic OH excluding ortho intramolecular Hbond substituents is 4. The van der Waals surface area contributed by atoms with Gasteiger partial charge in [0, 0.05) is 10.8 Å². The molecule has 0 radical (unpaired) electrons. The van der Waals surface area contributed by atoms with Gasteiger partial charge in [0.05, 0.1) is 0 Å². The minimum atomic E-state index is -0.112. The van der Waals surface area contributed by atoms with Crippen molar-refractivity contribution in [2.75, 3.05) is 0 Å². The quantitative estimate of drug-likeness (QED) is 0.135. The summed E-state index contributed by atoms with van der Waals surface area (Å²) in [5, 5.41) is 41.4. The Labute approximate surface area is 300 Å². The number of aryl methyl sites for hydroxylation is 4. The van der Waals surface area contributed by atoms with E-state index in [1.165, 1.54) is 73.6 Å². The summed E-state index contributed by atoms with van der Waals surface area (Å²) in [7, 11) is 0. The van der Waals surface area contributed by atoms with Crippen LogP contribution in [0.5, 0.6) is 23.0 Å². The molecule has 2 fully saturated rings. The summed E-state index contributed by atoms with van der Waals surface area (Å²) in [5.74, 6) is 3.53. The topological polar surface area (TPSA) is 80.9 Å². The Hall–Kier alpha value is -3.92. The molecule has 0 heterocycles. The van der Waals surface area contributed by atoms with Crippen LogP contribution in [-0.4, -0.2) is 20.4 Å². The molecule has 266 valence electrons. The molecule has 0 amide bonds. The molecule has 0 aliphatic heterocycles. The average Bonchev–Trinajstić information content (AvgIpc) is 3.10. The lowest BCUT2D eigenvalue weighted by atomic mass is 9.60. The van der Waals surface area contributed by atoms with Gasteiger partial charge in [-0.1, -0.05) is 68.3 Å². The van der Waals surface area contributed by atoms with Crippen molar-refractivity contribution in [1.29, 1.82) is 0 Å². The number of rotatable bonds is 10. The van der Waals surface area contributed by atoms with Gasteiger partial charge >= 0.3 is 0 Å². The molecule has 4 aromatic rings. The maximum absolute atomic E-state index is 10.3. The Morgan fingerprint density at radius 1 is 0.500 bits per heavy atom. The van der Waals surface area contributed by atoms with Crippen LogP contribution in [0.3, 0.4) is 0 Å². The second-order valence-corrected chi connectivity index (χ2v) is 16.2. The zero-order valence-corrected chi connectivity index (χ0v) is 30.9. The molecule has 4 heteroatoms. The fourth-order valence-corrected chi connectivity index (χ4v) is 9.80. The largest absolute Gasteiger partial charge is 0.508 e. The predicted octanol–water partition coefficient (Wildman–Crippen LogP) is 11.6. The third kappa shape index (κ3) is 7.13. The summed E-state index contributed by atoms with van der Waals surface area (Å²) in [6, 6.07) is 24.6. The summed E-state index contributed by atoms with van der Waals surface area (Å²) in [6.07, 6.45) is 14.2. The molecule has 0 unspecified atom stereocenters. The molecule has 0 spiro atoms. The van der Waals surface area contributed by atoms with E-state index in [1.807, 2.05) is 52.0 Å². The Balaban J connectivity index is 1.17. The maximum atomic E-state index is 10.3. The van der Waals surface area contributed by atoms with Gasteiger partial charge in [-0.15, -0.1) is 0 Å². The van der Waals surface area contributed by atoms with Crippen molar-refractivity contribution in [3.63, 3.8) is 0 Å². The Morgan fingerprint density at radius 2 is 0.780 bits per heavy atom. The second-order valence-electron chi connectivity index (χ2n) is 16.2. The van der Waals surface area contributed by atoms with Gasteiger partial charge in [0.25, 0.3) is 0 Å². The fraction of sp³-hybridized carbons (Fsp3) is 0.478. The van der Waals surface area contributed by atoms with Crippen molar-refractivity contribution in [3.8, 4) is 23.0 Å². The Kier molecular flexibility index (Phi) is 10.6. The molecule has 0 saturated heterocycles. The van der Waals surface area contributed by atoms with E-state index in [0.717, 1.165) is 53.9 Å². The Bertz CT molecular complexity index is 1550. The van der Waals surface area contributed by atoms with Crippen LogP contribution >= 0.6 is 0 Å². The molecule has 4 aromatic carbocycles. The molecule has 2 aliphatic rings. The van der Waals surface area contributed by atoms with E-state index in [1.54, 1.807) is 0 Å². The number of aromatic hydroxyl groups is 4. The molecule has 0 aromatic heterocycles. The first-order valence-electron chi connectivity index (χ1n) is 19.1. The molecular weight excluding hydrogens is 617 g/mol. The highest BCUT2D eigenvalue weighted by molar-refractivity contribution is 5.49. The van der Waals surface area contributed by atoms with Gasteiger partial charge in [-0.05, 0) is 178 Å². The number of benzene rings is 4. The minimum Gasteiger partial charge on any atom is -0.508 e. The lowest BCUT2D eigenvalue weighted by molar-refractivity contribution is 0.181. The zero-order chi connectivity index (χ0) is 35.6. The van der Waals surface area contributed by atoms with E-state index in [-0.39, 0.29) is 10.8 Å². The lowest BCUT2D eigenvalue weighted by Crippen LogP contribution is -2.35. The van der Waals surface area contributed by atoms with E-state index < -0.39 is 0 Å². The van der Waals surface area contributed by atoms with E-state index >= 15 is 0 Å². The summed E-state index contributed by atoms with van der Waals surface area (Å²) in [5.41, 5.74) is 8.55. The highest BCUT2D eigenvalue weighted by atomic mass is 16.3. The molecule has 0 atom stereocenters. The van der Waals surface area contributed by atoms with Crippen LogP contribution in [0.15, 0.2) is 72.8 Å². The Morgan fingerprint density at radius 3 is 1.02 bits per heavy atom. The van der Waals surface area contributed by atoms with Crippen LogP contribution in [0.2, 0.25) is 0 Å². The van der Waals surface area contributed by atoms with Crippen molar-refractivity contribution in [3.05, 3.63) is 117 Å². The lowest BCUT2D eigenvalue weighted by Gasteiger charge is -2.44. The molecular formula is C46H58O4. The van der Waals surface area contributed by atoms with Crippen LogP contribution in [-0.2, 0) is 10.8 Å². The van der Waals surface area contributed by atoms with Gasteiger partial charge < -0.3 is 20.4 Å². The first kappa shape index (κ1) is 35.9. The minimum absolute atomic E-state index is 0.112. The molecule has 4 N–H and O–H groups in total. The van der Waals surface area contributed by atoms with E-state index in [2.05, 4.69) is 55.5 Å². The average molecular weight is 675 g/mol. The number of phenols is 4. The van der Waals surface area contributed by atoms with Crippen LogP contribution in [0.4, 0.5) is 0 Å². The molecule has 6 rings (SSSR count). The molecule has 2 saturated carbocycles. The predicted molar refractivity (Wildman–Crippen MR) is 204 cm³/mol. The zero-order valence-electron chi connectivity index (χ0n) is 30.9. The van der Waals surface area contributed by atoms with Crippen LogP contribution < -0.4 is 0 Å². The smallest absolute Gasteiger partial charge is 0.118 e. The molecule has 0 bridgehead atoms. The normalized spacial score (nSPS) is 18.0. The van der Waals surface area contributed by atoms with E-state index in [9.17, 15) is 20.4 Å². The van der Waals surface area contributed by atoms with Gasteiger partial charge in [-0.25, -0.2) is 0 Å². The number of hydrogen-bond donors (Lipinski definition) is 4. The SMILES string of the molecule is CCCC(CC1CCC(c2ccc(O)c(C)c2)(c2ccc(O)c(C)c2)CC1)CC1CCC(c2ccc(O)c(C)c2)(c2ccc(O)c(C)c2)CC1. The van der Waals surface area contributed by atoms with Crippen molar-refractivity contribution in [2.45, 2.75) is 122 Å². The van der Waals surface area contributed by atoms with Gasteiger partial charge in [0.1, 0.15) is 23.0 Å². The summed E-state index contributed by atoms with van der Waals surface area (Å²) < 4.78 is 0. The fourth-order valence-electron chi connectivity index (χ4n) is 9.80. The van der Waals surface area contributed by atoms with Crippen molar-refractivity contribution in [1.82, 2.24) is 0 Å². The van der Waals surface area contributed by atoms with Crippen LogP contribution in [0.25, 0.3) is 0 Å². The summed E-state index contributed by atoms with van der Waals surface area (Å²) >= 11 is 0. The summed E-state index contributed by atoms with van der Waals surface area (Å²) in [6.45, 7) is 10.3. The standard InChI is InChI=1S/C46H58O4/c1-6-7-36(28-34-16-20-45(21-17-34,37-8-12-41(47)30(2)24-37)38-9-13-42(48)31(3)25-38)29-35-18-22-46(23-19-35,39-10-14-43(49)32(4)26-39)40-11-15-44(50)33(5)27-40/h8-15,24-27,34-36,47-50H,6-7,16-23,28-29H2,1-5H3. The van der Waals surface area contributed by atoms with Gasteiger partial charge in [-0.2, -0.15) is 0 Å². The highest BCUT2D eigenvalue weighted by Crippen LogP contribution is 2.52. The van der Waals surface area contributed by atoms with Gasteiger partial charge in [0.2, 0.25) is 0 Å². The van der Waals surface area contributed by atoms with E-state index in [0.29, 0.717) is 34.8 Å². The number of hydrogen-bond acceptors (Lipinski definition) is 4. The van der Waals surface area contributed by atoms with Crippen LogP contribution in [0, 0.1) is 45.4 Å². The van der Waals surface area contributed by atoms with Crippen molar-refractivity contribution >= 4 is 0 Å². The highest BCUT2D eigenvalue weighted by Gasteiger charge is 2.41. The molecule has 2 aliphatic carbocycles. The molecule has 50 heavy (non-hydrogen) atoms. The third-order valence-corrected chi connectivity index (χ3v) is 12.9. The van der Waals surface area contributed by atoms with Gasteiger partial charge in [-0.3, -0.25) is 0 Å². The monoisotopic (exact) mass is 674 g/mol. The van der Waals surface area contributed by atoms with Crippen molar-refractivity contribution in [2.24, 2.45) is 17.8 Å². The molecule has 4 nitrogen and oxygen atoms in total.